The number of aromatic nitrogens is 2. The zero-order valence-corrected chi connectivity index (χ0v) is 9.61. The smallest absolute Gasteiger partial charge is 0.344 e. The third kappa shape index (κ3) is 3.08. The summed E-state index contributed by atoms with van der Waals surface area (Å²) < 4.78 is 10.0. The molecule has 0 spiro atoms. The van der Waals surface area contributed by atoms with E-state index in [9.17, 15) is 4.79 Å². The Kier molecular flexibility index (Phi) is 4.04. The van der Waals surface area contributed by atoms with Crippen molar-refractivity contribution in [1.82, 2.24) is 9.97 Å². The zero-order chi connectivity index (χ0) is 12.1. The lowest BCUT2D eigenvalue weighted by Crippen LogP contribution is -2.16. The van der Waals surface area contributed by atoms with E-state index in [1.807, 2.05) is 0 Å². The van der Waals surface area contributed by atoms with Gasteiger partial charge in [0.1, 0.15) is 0 Å². The summed E-state index contributed by atoms with van der Waals surface area (Å²) in [4.78, 5) is 19.0. The Bertz CT molecular complexity index is 370. The van der Waals surface area contributed by atoms with Crippen molar-refractivity contribution in [2.75, 3.05) is 18.9 Å². The lowest BCUT2D eigenvalue weighted by atomic mass is 10.3. The van der Waals surface area contributed by atoms with E-state index in [0.29, 0.717) is 23.7 Å². The molecule has 6 nitrogen and oxygen atoms in total. The van der Waals surface area contributed by atoms with Crippen LogP contribution in [0.5, 0.6) is 5.75 Å². The first kappa shape index (κ1) is 12.2. The summed E-state index contributed by atoms with van der Waals surface area (Å²) in [5, 5.41) is 0. The summed E-state index contributed by atoms with van der Waals surface area (Å²) >= 11 is 0. The van der Waals surface area contributed by atoms with E-state index >= 15 is 0 Å². The molecule has 0 unspecified atom stereocenters. The highest BCUT2D eigenvalue weighted by atomic mass is 16.6. The molecule has 1 aromatic rings. The Hall–Kier alpha value is -1.85. The van der Waals surface area contributed by atoms with Crippen molar-refractivity contribution < 1.29 is 14.3 Å². The molecule has 0 bridgehead atoms. The van der Waals surface area contributed by atoms with Gasteiger partial charge in [-0.05, 0) is 20.8 Å². The quantitative estimate of drug-likeness (QED) is 0.756. The Morgan fingerprint density at radius 3 is 2.38 bits per heavy atom. The predicted molar refractivity (Wildman–Crippen MR) is 58.0 cm³/mol. The maximum absolute atomic E-state index is 11.1. The van der Waals surface area contributed by atoms with Gasteiger partial charge in [-0.1, -0.05) is 0 Å². The number of rotatable bonds is 4. The first-order chi connectivity index (χ1) is 7.54. The topological polar surface area (TPSA) is 87.3 Å². The average molecular weight is 225 g/mol. The summed E-state index contributed by atoms with van der Waals surface area (Å²) in [6, 6.07) is 0. The maximum Gasteiger partial charge on any atom is 0.344 e. The van der Waals surface area contributed by atoms with Crippen LogP contribution in [-0.2, 0) is 9.53 Å². The number of hydrogen-bond donors (Lipinski definition) is 1. The minimum atomic E-state index is -0.418. The summed E-state index contributed by atoms with van der Waals surface area (Å²) in [5.74, 6) is 0.249. The van der Waals surface area contributed by atoms with Crippen LogP contribution in [0.15, 0.2) is 0 Å². The van der Waals surface area contributed by atoms with Crippen LogP contribution >= 0.6 is 0 Å². The van der Waals surface area contributed by atoms with Crippen molar-refractivity contribution in [3.05, 3.63) is 11.4 Å². The van der Waals surface area contributed by atoms with Gasteiger partial charge in [-0.2, -0.15) is 0 Å². The van der Waals surface area contributed by atoms with Gasteiger partial charge >= 0.3 is 5.97 Å². The molecule has 16 heavy (non-hydrogen) atoms. The average Bonchev–Trinajstić information content (AvgIpc) is 2.16. The third-order valence-electron chi connectivity index (χ3n) is 1.86. The Labute approximate surface area is 93.8 Å². The number of ether oxygens (including phenoxy) is 2. The molecular weight excluding hydrogens is 210 g/mol. The van der Waals surface area contributed by atoms with Gasteiger partial charge < -0.3 is 15.2 Å². The zero-order valence-electron chi connectivity index (χ0n) is 9.61. The molecule has 0 saturated heterocycles. The molecule has 2 N–H and O–H groups in total. The standard InChI is InChI=1S/C10H15N3O3/c1-4-15-8(14)5-16-9-6(2)12-10(11)13-7(9)3/h4-5H2,1-3H3,(H2,11,12,13). The first-order valence-corrected chi connectivity index (χ1v) is 4.93. The predicted octanol–water partition coefficient (Wildman–Crippen LogP) is 0.618. The molecule has 0 aliphatic carbocycles. The van der Waals surface area contributed by atoms with E-state index in [1.165, 1.54) is 0 Å². The van der Waals surface area contributed by atoms with E-state index in [1.54, 1.807) is 20.8 Å². The van der Waals surface area contributed by atoms with Crippen LogP contribution in [0.1, 0.15) is 18.3 Å². The van der Waals surface area contributed by atoms with Crippen molar-refractivity contribution in [2.45, 2.75) is 20.8 Å². The molecule has 0 fully saturated rings. The number of nitrogen functional groups attached to an aromatic ring is 1. The minimum Gasteiger partial charge on any atom is -0.478 e. The number of anilines is 1. The molecule has 0 aromatic carbocycles. The van der Waals surface area contributed by atoms with Crippen molar-refractivity contribution in [2.24, 2.45) is 0 Å². The van der Waals surface area contributed by atoms with Crippen molar-refractivity contribution in [1.29, 1.82) is 0 Å². The van der Waals surface area contributed by atoms with E-state index < -0.39 is 5.97 Å². The number of esters is 1. The van der Waals surface area contributed by atoms with Gasteiger partial charge in [0.15, 0.2) is 12.4 Å². The fourth-order valence-electron chi connectivity index (χ4n) is 1.27. The summed E-state index contributed by atoms with van der Waals surface area (Å²) in [6.07, 6.45) is 0. The number of carbonyl (C=O) groups excluding carboxylic acids is 1. The van der Waals surface area contributed by atoms with Crippen LogP contribution in [0.3, 0.4) is 0 Å². The van der Waals surface area contributed by atoms with Crippen LogP contribution in [0, 0.1) is 13.8 Å². The van der Waals surface area contributed by atoms with E-state index in [-0.39, 0.29) is 12.6 Å². The molecule has 0 amide bonds. The fraction of sp³-hybridized carbons (Fsp3) is 0.500. The number of nitrogens with two attached hydrogens (primary N) is 1. The molecule has 1 heterocycles. The van der Waals surface area contributed by atoms with E-state index in [4.69, 9.17) is 15.2 Å². The van der Waals surface area contributed by atoms with Gasteiger partial charge in [-0.15, -0.1) is 0 Å². The Morgan fingerprint density at radius 2 is 1.88 bits per heavy atom. The highest BCUT2D eigenvalue weighted by Crippen LogP contribution is 2.20. The first-order valence-electron chi connectivity index (χ1n) is 4.93. The molecule has 0 atom stereocenters. The van der Waals surface area contributed by atoms with Crippen LogP contribution in [0.4, 0.5) is 5.95 Å². The van der Waals surface area contributed by atoms with Gasteiger partial charge in [0.2, 0.25) is 5.95 Å². The van der Waals surface area contributed by atoms with Gasteiger partial charge in [0.25, 0.3) is 0 Å². The highest BCUT2D eigenvalue weighted by Gasteiger charge is 2.10. The number of hydrogen-bond acceptors (Lipinski definition) is 6. The van der Waals surface area contributed by atoms with Crippen LogP contribution < -0.4 is 10.5 Å². The SMILES string of the molecule is CCOC(=O)COc1c(C)nc(N)nc1C. The number of nitrogens with zero attached hydrogens (tertiary/aromatic N) is 2. The Morgan fingerprint density at radius 1 is 1.31 bits per heavy atom. The maximum atomic E-state index is 11.1. The molecule has 0 aliphatic rings. The molecule has 88 valence electrons. The van der Waals surface area contributed by atoms with Crippen molar-refractivity contribution in [3.8, 4) is 5.75 Å². The van der Waals surface area contributed by atoms with E-state index in [0.717, 1.165) is 0 Å². The Balaban J connectivity index is 2.70. The highest BCUT2D eigenvalue weighted by molar-refractivity contribution is 5.71. The second-order valence-corrected chi connectivity index (χ2v) is 3.18. The largest absolute Gasteiger partial charge is 0.478 e. The monoisotopic (exact) mass is 225 g/mol. The van der Waals surface area contributed by atoms with Crippen LogP contribution in [0.2, 0.25) is 0 Å². The molecule has 0 saturated carbocycles. The van der Waals surface area contributed by atoms with Crippen LogP contribution in [-0.4, -0.2) is 29.2 Å². The van der Waals surface area contributed by atoms with Crippen molar-refractivity contribution >= 4 is 11.9 Å². The van der Waals surface area contributed by atoms with Gasteiger partial charge in [-0.3, -0.25) is 0 Å². The fourth-order valence-corrected chi connectivity index (χ4v) is 1.27. The summed E-state index contributed by atoms with van der Waals surface area (Å²) in [6.45, 7) is 5.40. The molecule has 0 radical (unpaired) electrons. The molecular formula is C10H15N3O3. The molecule has 0 aliphatic heterocycles. The number of aryl methyl sites for hydroxylation is 2. The summed E-state index contributed by atoms with van der Waals surface area (Å²) in [5.41, 5.74) is 6.67. The van der Waals surface area contributed by atoms with Gasteiger partial charge in [-0.25, -0.2) is 14.8 Å². The lowest BCUT2D eigenvalue weighted by molar-refractivity contribution is -0.145. The van der Waals surface area contributed by atoms with Crippen LogP contribution in [0.25, 0.3) is 0 Å². The van der Waals surface area contributed by atoms with E-state index in [2.05, 4.69) is 9.97 Å². The lowest BCUT2D eigenvalue weighted by Gasteiger charge is -2.10. The van der Waals surface area contributed by atoms with Crippen molar-refractivity contribution in [3.63, 3.8) is 0 Å². The minimum absolute atomic E-state index is 0.150. The molecule has 1 rings (SSSR count). The normalized spacial score (nSPS) is 9.94. The molecule has 1 aromatic heterocycles. The van der Waals surface area contributed by atoms with Gasteiger partial charge in [0.05, 0.1) is 18.0 Å². The number of carbonyl (C=O) groups is 1. The molecule has 6 heteroatoms. The third-order valence-corrected chi connectivity index (χ3v) is 1.86. The van der Waals surface area contributed by atoms with Gasteiger partial charge in [0, 0.05) is 0 Å². The second kappa shape index (κ2) is 5.29. The second-order valence-electron chi connectivity index (χ2n) is 3.18. The summed E-state index contributed by atoms with van der Waals surface area (Å²) in [7, 11) is 0.